The zero-order valence-corrected chi connectivity index (χ0v) is 46.1. The number of phenols is 1. The van der Waals surface area contributed by atoms with E-state index in [1.54, 1.807) is 6.07 Å². The Labute approximate surface area is 444 Å². The van der Waals surface area contributed by atoms with E-state index in [0.717, 1.165) is 44.0 Å². The topological polar surface area (TPSA) is 135 Å². The van der Waals surface area contributed by atoms with Crippen LogP contribution < -0.4 is 10.6 Å². The van der Waals surface area contributed by atoms with Crippen molar-refractivity contribution < 1.29 is 38.1 Å². The zero-order chi connectivity index (χ0) is 50.8. The minimum atomic E-state index is -4.49. The van der Waals surface area contributed by atoms with E-state index >= 15 is 0 Å². The van der Waals surface area contributed by atoms with Gasteiger partial charge in [0, 0.05) is 81.7 Å². The number of aromatic hydroxyl groups is 1. The molecule has 0 spiro atoms. The highest BCUT2D eigenvalue weighted by atomic mass is 79.9. The van der Waals surface area contributed by atoms with E-state index in [4.69, 9.17) is 0 Å². The molecule has 10 rings (SSSR count). The number of halogens is 7. The number of aryl methyl sites for hydroxylation is 1. The van der Waals surface area contributed by atoms with Crippen molar-refractivity contribution >= 4 is 97.3 Å². The number of aliphatic hydroxyl groups excluding tert-OH is 2. The summed E-state index contributed by atoms with van der Waals surface area (Å²) in [5.74, 6) is -0.224. The summed E-state index contributed by atoms with van der Waals surface area (Å²) in [6, 6.07) is 18.8. The molecule has 11 nitrogen and oxygen atoms in total. The van der Waals surface area contributed by atoms with Crippen LogP contribution in [0.25, 0.3) is 21.8 Å². The first-order chi connectivity index (χ1) is 33.7. The van der Waals surface area contributed by atoms with Crippen LogP contribution >= 0.6 is 63.7 Å². The molecule has 2 aromatic heterocycles. The molecule has 71 heavy (non-hydrogen) atoms. The van der Waals surface area contributed by atoms with E-state index in [0.29, 0.717) is 75.2 Å². The number of nitrogens with one attached hydrogen (secondary N) is 2. The maximum Gasteiger partial charge on any atom is 0.488 e. The molecule has 18 heteroatoms. The Balaban J connectivity index is 0.000000176. The van der Waals surface area contributed by atoms with Crippen molar-refractivity contribution in [3.8, 4) is 5.75 Å². The number of aliphatic hydroxyl groups is 2. The van der Waals surface area contributed by atoms with Gasteiger partial charge in [-0.3, -0.25) is 14.2 Å². The minimum Gasteiger partial charge on any atom is -0.506 e. The van der Waals surface area contributed by atoms with Crippen molar-refractivity contribution in [1.82, 2.24) is 29.6 Å². The third kappa shape index (κ3) is 10.4. The number of aromatic nitrogens is 2. The number of likely N-dealkylation sites (tertiary alicyclic amines) is 2. The van der Waals surface area contributed by atoms with Gasteiger partial charge in [0.1, 0.15) is 5.75 Å². The molecule has 8 atom stereocenters. The smallest absolute Gasteiger partial charge is 0.488 e. The van der Waals surface area contributed by atoms with Crippen molar-refractivity contribution in [3.63, 3.8) is 0 Å². The van der Waals surface area contributed by atoms with Gasteiger partial charge in [0.05, 0.1) is 51.6 Å². The maximum atomic E-state index is 13.7. The summed E-state index contributed by atoms with van der Waals surface area (Å²) in [7, 11) is 6.17. The predicted molar refractivity (Wildman–Crippen MR) is 284 cm³/mol. The first-order valence-corrected chi connectivity index (χ1v) is 27.0. The van der Waals surface area contributed by atoms with E-state index in [1.807, 2.05) is 44.3 Å². The molecule has 6 aromatic rings. The molecule has 0 radical (unpaired) electrons. The third-order valence-corrected chi connectivity index (χ3v) is 18.3. The molecule has 2 fully saturated rings. The number of alkyl halides is 3. The summed E-state index contributed by atoms with van der Waals surface area (Å²) in [6.07, 6.45) is 2.83. The van der Waals surface area contributed by atoms with Crippen molar-refractivity contribution in [2.75, 3.05) is 40.4 Å². The number of piperidine rings is 2. The van der Waals surface area contributed by atoms with E-state index in [-0.39, 0.29) is 60.1 Å². The van der Waals surface area contributed by atoms with Crippen molar-refractivity contribution in [1.29, 1.82) is 0 Å². The molecule has 4 aliphatic rings. The molecule has 4 heterocycles. The molecule has 5 N–H and O–H groups in total. The van der Waals surface area contributed by atoms with Crippen LogP contribution in [0.2, 0.25) is 0 Å². The van der Waals surface area contributed by atoms with Gasteiger partial charge < -0.3 is 40.3 Å². The average molecular weight is 1230 g/mol. The number of hydrogen-bond acceptors (Lipinski definition) is 7. The highest BCUT2D eigenvalue weighted by molar-refractivity contribution is 9.11. The summed E-state index contributed by atoms with van der Waals surface area (Å²) in [5.41, 5.74) is 8.72. The summed E-state index contributed by atoms with van der Waals surface area (Å²) in [4.78, 5) is 31.2. The molecular formula is C53H57Br4F3N6O5. The highest BCUT2D eigenvalue weighted by Crippen LogP contribution is 2.48. The molecule has 0 bridgehead atoms. The number of carbonyl (C=O) groups excluding carboxylic acids is 2. The van der Waals surface area contributed by atoms with Gasteiger partial charge in [0.2, 0.25) is 11.8 Å². The summed E-state index contributed by atoms with van der Waals surface area (Å²) < 4.78 is 46.7. The largest absolute Gasteiger partial charge is 0.506 e. The van der Waals surface area contributed by atoms with Crippen LogP contribution in [0.15, 0.2) is 90.9 Å². The molecule has 2 aliphatic carbocycles. The number of fused-ring (bicyclic) bond motifs is 4. The predicted octanol–water partition coefficient (Wildman–Crippen LogP) is 9.72. The monoisotopic (exact) mass is 1230 g/mol. The fraction of sp³-hybridized carbons (Fsp3) is 0.434. The minimum absolute atomic E-state index is 0.00714. The second-order valence-corrected chi connectivity index (χ2v) is 23.4. The molecule has 4 aromatic carbocycles. The summed E-state index contributed by atoms with van der Waals surface area (Å²) in [6.45, 7) is 2.86. The Bertz CT molecular complexity index is 2970. The van der Waals surface area contributed by atoms with Crippen LogP contribution in [0.3, 0.4) is 0 Å². The van der Waals surface area contributed by atoms with Gasteiger partial charge in [-0.1, -0.05) is 56.1 Å². The highest BCUT2D eigenvalue weighted by Gasteiger charge is 2.45. The molecular weight excluding hydrogens is 1180 g/mol. The van der Waals surface area contributed by atoms with E-state index < -0.39 is 18.4 Å². The quantitative estimate of drug-likeness (QED) is 0.0923. The van der Waals surface area contributed by atoms with E-state index in [1.165, 1.54) is 34.3 Å². The van der Waals surface area contributed by atoms with Crippen LogP contribution in [-0.2, 0) is 48.6 Å². The van der Waals surface area contributed by atoms with Gasteiger partial charge in [-0.2, -0.15) is 0 Å². The lowest BCUT2D eigenvalue weighted by molar-refractivity contribution is -0.200. The SMILES string of the molecule is CN1C[C@H](C(=O)NC(CO)Cc2cc(Br)c(O)c(Br)c2)C[C@@H]2c3cccc4c3c(cn4C)C[C@H]21.Cc1c(Br)cc(CC(CO)NC(=O)[C@@H]2C[C@@H]3c4cccc5c4c(cn5C(F)(F)F)C[C@H]3N(C)C2)cc1Br. The fourth-order valence-electron chi connectivity index (χ4n) is 11.9. The van der Waals surface area contributed by atoms with E-state index in [2.05, 4.69) is 127 Å². The Morgan fingerprint density at radius 3 is 1.59 bits per heavy atom. The fourth-order valence-corrected chi connectivity index (χ4v) is 14.5. The molecule has 2 saturated heterocycles. The second kappa shape index (κ2) is 20.9. The number of likely N-dealkylation sites (N-methyl/N-ethyl adjacent to an activating group) is 2. The second-order valence-electron chi connectivity index (χ2n) is 20.0. The lowest BCUT2D eigenvalue weighted by Crippen LogP contribution is -2.53. The van der Waals surface area contributed by atoms with Gasteiger partial charge in [0.25, 0.3) is 0 Å². The van der Waals surface area contributed by atoms with Crippen molar-refractivity contribution in [2.45, 2.75) is 87.8 Å². The lowest BCUT2D eigenvalue weighted by Gasteiger charge is -2.45. The molecule has 2 amide bonds. The maximum absolute atomic E-state index is 13.7. The first-order valence-electron chi connectivity index (χ1n) is 23.9. The van der Waals surface area contributed by atoms with Crippen LogP contribution in [-0.4, -0.2) is 111 Å². The lowest BCUT2D eigenvalue weighted by atomic mass is 9.72. The molecule has 0 saturated carbocycles. The Morgan fingerprint density at radius 1 is 0.690 bits per heavy atom. The van der Waals surface area contributed by atoms with Gasteiger partial charge in [0.15, 0.2) is 0 Å². The molecule has 2 unspecified atom stereocenters. The average Bonchev–Trinajstić information content (AvgIpc) is 3.88. The molecule has 378 valence electrons. The van der Waals surface area contributed by atoms with Crippen molar-refractivity contribution in [2.24, 2.45) is 18.9 Å². The van der Waals surface area contributed by atoms with Crippen LogP contribution in [0.1, 0.15) is 63.6 Å². The standard InChI is InChI=1S/C27H28Br2F3N3O2.C26H29Br2N3O3/c1-14-21(28)7-15(8-22(14)29)6-18(13-36)33-26(37)17-9-20-19-4-3-5-23-25(19)16(10-24(20)34(2)11-17)12-35(23)27(30,31)32;1-30-11-15-10-23-19(18-4-3-5-22(30)24(15)18)9-16(12-31(23)2)26(34)29-17(13-32)6-14-7-20(27)25(33)21(28)8-14/h3-5,7-8,12,17-18,20,24,36H,6,9-11,13H2,1-2H3,(H,33,37);3-5,7-8,11,16-17,19,23,32-33H,6,9-10,12-13H2,1-2H3,(H,29,34)/t17-,18?,20-,24-;16-,17?,19-,23-/m11/s1. The Hall–Kier alpha value is -3.75. The number of amides is 2. The Morgan fingerprint density at radius 2 is 1.13 bits per heavy atom. The zero-order valence-electron chi connectivity index (χ0n) is 39.7. The number of rotatable bonds is 10. The van der Waals surface area contributed by atoms with E-state index in [9.17, 15) is 38.1 Å². The van der Waals surface area contributed by atoms with Crippen molar-refractivity contribution in [3.05, 3.63) is 130 Å². The number of phenolic OH excluding ortho intramolecular Hbond substituents is 1. The van der Waals surface area contributed by atoms with Gasteiger partial charge >= 0.3 is 6.30 Å². The first kappa shape index (κ1) is 52.1. The number of hydrogen-bond donors (Lipinski definition) is 5. The van der Waals surface area contributed by atoms with Crippen LogP contribution in [0, 0.1) is 18.8 Å². The Kier molecular flexibility index (Phi) is 15.3. The van der Waals surface area contributed by atoms with Gasteiger partial charge in [-0.15, -0.1) is 13.2 Å². The number of carbonyl (C=O) groups is 2. The molecule has 2 aliphatic heterocycles. The summed E-state index contributed by atoms with van der Waals surface area (Å²) >= 11 is 13.8. The summed E-state index contributed by atoms with van der Waals surface area (Å²) in [5, 5.41) is 38.1. The van der Waals surface area contributed by atoms with Crippen LogP contribution in [0.4, 0.5) is 13.2 Å². The normalized spacial score (nSPS) is 22.8. The number of benzene rings is 4. The van der Waals surface area contributed by atoms with Gasteiger partial charge in [-0.05, 0) is 167 Å². The van der Waals surface area contributed by atoms with Gasteiger partial charge in [-0.25, -0.2) is 0 Å². The number of nitrogens with zero attached hydrogens (tertiary/aromatic N) is 4. The third-order valence-electron chi connectivity index (χ3n) is 15.4. The van der Waals surface area contributed by atoms with Crippen LogP contribution in [0.5, 0.6) is 5.75 Å².